The molecule has 0 atom stereocenters. The Hall–Kier alpha value is -2.29. The maximum atomic E-state index is 5.92. The van der Waals surface area contributed by atoms with Gasteiger partial charge in [-0.15, -0.1) is 0 Å². The first-order chi connectivity index (χ1) is 11.9. The highest BCUT2D eigenvalue weighted by atomic mass is 16.5. The molecule has 1 heterocycles. The fraction of sp³-hybridized carbons (Fsp3) is 0.381. The summed E-state index contributed by atoms with van der Waals surface area (Å²) in [6.07, 6.45) is 6.40. The number of ether oxygens (including phenoxy) is 1. The Balaban J connectivity index is 1.72. The zero-order chi connectivity index (χ0) is 16.6. The standard InChI is InChI=1S/C21H26N2O/c1-2-3-4-5-11-16-23-20-15-10-9-14-19(20)22-21(23)17-24-18-12-7-6-8-13-18/h6-10,12-15H,2-5,11,16-17H2,1H3. The summed E-state index contributed by atoms with van der Waals surface area (Å²) >= 11 is 0. The first kappa shape index (κ1) is 16.6. The second-order valence-corrected chi connectivity index (χ2v) is 6.18. The number of hydrogen-bond donors (Lipinski definition) is 0. The highest BCUT2D eigenvalue weighted by Gasteiger charge is 2.10. The lowest BCUT2D eigenvalue weighted by Gasteiger charge is -2.10. The van der Waals surface area contributed by atoms with Crippen molar-refractivity contribution < 1.29 is 4.74 Å². The second kappa shape index (κ2) is 8.53. The van der Waals surface area contributed by atoms with E-state index in [-0.39, 0.29) is 0 Å². The Bertz CT molecular complexity index is 749. The predicted molar refractivity (Wildman–Crippen MR) is 99.3 cm³/mol. The normalized spacial score (nSPS) is 11.0. The summed E-state index contributed by atoms with van der Waals surface area (Å²) in [6, 6.07) is 18.3. The van der Waals surface area contributed by atoms with E-state index in [4.69, 9.17) is 9.72 Å². The summed E-state index contributed by atoms with van der Waals surface area (Å²) in [5.74, 6) is 1.90. The summed E-state index contributed by atoms with van der Waals surface area (Å²) in [6.45, 7) is 3.77. The first-order valence-electron chi connectivity index (χ1n) is 9.00. The van der Waals surface area contributed by atoms with E-state index in [1.807, 2.05) is 36.4 Å². The van der Waals surface area contributed by atoms with Crippen molar-refractivity contribution in [3.8, 4) is 5.75 Å². The molecule has 0 amide bonds. The van der Waals surface area contributed by atoms with Gasteiger partial charge in [0.05, 0.1) is 11.0 Å². The fourth-order valence-electron chi connectivity index (χ4n) is 3.02. The molecule has 24 heavy (non-hydrogen) atoms. The molecule has 0 aliphatic rings. The quantitative estimate of drug-likeness (QED) is 0.480. The fourth-order valence-corrected chi connectivity index (χ4v) is 3.02. The Labute approximate surface area is 144 Å². The van der Waals surface area contributed by atoms with Gasteiger partial charge >= 0.3 is 0 Å². The van der Waals surface area contributed by atoms with Gasteiger partial charge in [0, 0.05) is 6.54 Å². The van der Waals surface area contributed by atoms with Crippen LogP contribution in [0.15, 0.2) is 54.6 Å². The number of fused-ring (bicyclic) bond motifs is 1. The van der Waals surface area contributed by atoms with E-state index >= 15 is 0 Å². The lowest BCUT2D eigenvalue weighted by molar-refractivity contribution is 0.289. The van der Waals surface area contributed by atoms with Crippen LogP contribution in [0.2, 0.25) is 0 Å². The molecule has 126 valence electrons. The third-order valence-electron chi connectivity index (χ3n) is 4.33. The largest absolute Gasteiger partial charge is 0.486 e. The molecule has 0 bridgehead atoms. The first-order valence-corrected chi connectivity index (χ1v) is 9.00. The van der Waals surface area contributed by atoms with Crippen molar-refractivity contribution in [1.82, 2.24) is 9.55 Å². The van der Waals surface area contributed by atoms with Crippen LogP contribution in [0.4, 0.5) is 0 Å². The molecular formula is C21H26N2O. The summed E-state index contributed by atoms with van der Waals surface area (Å²) in [7, 11) is 0. The smallest absolute Gasteiger partial charge is 0.147 e. The number of imidazole rings is 1. The molecule has 3 heteroatoms. The minimum atomic E-state index is 0.508. The molecular weight excluding hydrogens is 296 g/mol. The van der Waals surface area contributed by atoms with Crippen LogP contribution in [0.1, 0.15) is 44.9 Å². The second-order valence-electron chi connectivity index (χ2n) is 6.18. The molecule has 0 aliphatic heterocycles. The van der Waals surface area contributed by atoms with Crippen LogP contribution in [-0.2, 0) is 13.2 Å². The summed E-state index contributed by atoms with van der Waals surface area (Å²) in [5, 5.41) is 0. The molecule has 2 aromatic carbocycles. The molecule has 1 aromatic heterocycles. The van der Waals surface area contributed by atoms with Gasteiger partial charge < -0.3 is 9.30 Å². The van der Waals surface area contributed by atoms with Crippen LogP contribution in [0.5, 0.6) is 5.75 Å². The molecule has 0 saturated carbocycles. The SMILES string of the molecule is CCCCCCCn1c(COc2ccccc2)nc2ccccc21. The molecule has 0 radical (unpaired) electrons. The van der Waals surface area contributed by atoms with Gasteiger partial charge in [0.25, 0.3) is 0 Å². The zero-order valence-electron chi connectivity index (χ0n) is 14.4. The van der Waals surface area contributed by atoms with Gasteiger partial charge in [-0.2, -0.15) is 0 Å². The predicted octanol–water partition coefficient (Wildman–Crippen LogP) is 5.59. The Morgan fingerprint density at radius 2 is 1.62 bits per heavy atom. The molecule has 0 N–H and O–H groups in total. The third kappa shape index (κ3) is 4.16. The minimum Gasteiger partial charge on any atom is -0.486 e. The van der Waals surface area contributed by atoms with E-state index in [2.05, 4.69) is 29.7 Å². The van der Waals surface area contributed by atoms with Crippen molar-refractivity contribution in [2.24, 2.45) is 0 Å². The lowest BCUT2D eigenvalue weighted by atomic mass is 10.1. The Morgan fingerprint density at radius 1 is 0.875 bits per heavy atom. The van der Waals surface area contributed by atoms with E-state index < -0.39 is 0 Å². The highest BCUT2D eigenvalue weighted by molar-refractivity contribution is 5.75. The van der Waals surface area contributed by atoms with E-state index in [9.17, 15) is 0 Å². The van der Waals surface area contributed by atoms with E-state index in [0.29, 0.717) is 6.61 Å². The number of rotatable bonds is 9. The minimum absolute atomic E-state index is 0.508. The Kier molecular flexibility index (Phi) is 5.89. The monoisotopic (exact) mass is 322 g/mol. The summed E-state index contributed by atoms with van der Waals surface area (Å²) in [4.78, 5) is 4.78. The lowest BCUT2D eigenvalue weighted by Crippen LogP contribution is -2.07. The van der Waals surface area contributed by atoms with E-state index in [0.717, 1.165) is 23.6 Å². The van der Waals surface area contributed by atoms with Gasteiger partial charge in [0.1, 0.15) is 18.2 Å². The van der Waals surface area contributed by atoms with Crippen molar-refractivity contribution in [2.45, 2.75) is 52.2 Å². The van der Waals surface area contributed by atoms with Gasteiger partial charge in [-0.3, -0.25) is 0 Å². The number of nitrogens with zero attached hydrogens (tertiary/aromatic N) is 2. The zero-order valence-corrected chi connectivity index (χ0v) is 14.4. The van der Waals surface area contributed by atoms with Crippen LogP contribution in [-0.4, -0.2) is 9.55 Å². The molecule has 0 unspecified atom stereocenters. The maximum absolute atomic E-state index is 5.92. The van der Waals surface area contributed by atoms with Crippen LogP contribution in [0, 0.1) is 0 Å². The average molecular weight is 322 g/mol. The molecule has 3 rings (SSSR count). The molecule has 0 aliphatic carbocycles. The van der Waals surface area contributed by atoms with E-state index in [1.165, 1.54) is 37.6 Å². The van der Waals surface area contributed by atoms with Crippen LogP contribution < -0.4 is 4.74 Å². The molecule has 0 fully saturated rings. The number of unbranched alkanes of at least 4 members (excludes halogenated alkanes) is 4. The van der Waals surface area contributed by atoms with Crippen molar-refractivity contribution in [2.75, 3.05) is 0 Å². The molecule has 3 aromatic rings. The van der Waals surface area contributed by atoms with Gasteiger partial charge in [-0.25, -0.2) is 4.98 Å². The van der Waals surface area contributed by atoms with Crippen LogP contribution in [0.3, 0.4) is 0 Å². The van der Waals surface area contributed by atoms with Gasteiger partial charge in [0.15, 0.2) is 0 Å². The average Bonchev–Trinajstić information content (AvgIpc) is 2.98. The molecule has 0 spiro atoms. The van der Waals surface area contributed by atoms with E-state index in [1.54, 1.807) is 0 Å². The molecule has 0 saturated heterocycles. The van der Waals surface area contributed by atoms with Crippen molar-refractivity contribution in [3.63, 3.8) is 0 Å². The molecule has 3 nitrogen and oxygen atoms in total. The summed E-state index contributed by atoms with van der Waals surface area (Å²) < 4.78 is 8.25. The topological polar surface area (TPSA) is 27.1 Å². The number of para-hydroxylation sites is 3. The van der Waals surface area contributed by atoms with Crippen LogP contribution in [0.25, 0.3) is 11.0 Å². The Morgan fingerprint density at radius 3 is 2.46 bits per heavy atom. The van der Waals surface area contributed by atoms with Crippen molar-refractivity contribution in [1.29, 1.82) is 0 Å². The van der Waals surface area contributed by atoms with Gasteiger partial charge in [-0.1, -0.05) is 62.9 Å². The third-order valence-corrected chi connectivity index (χ3v) is 4.33. The van der Waals surface area contributed by atoms with Gasteiger partial charge in [0.2, 0.25) is 0 Å². The number of aryl methyl sites for hydroxylation is 1. The maximum Gasteiger partial charge on any atom is 0.147 e. The van der Waals surface area contributed by atoms with Crippen LogP contribution >= 0.6 is 0 Å². The number of hydrogen-bond acceptors (Lipinski definition) is 2. The van der Waals surface area contributed by atoms with Crippen molar-refractivity contribution in [3.05, 3.63) is 60.4 Å². The summed E-state index contributed by atoms with van der Waals surface area (Å²) in [5.41, 5.74) is 2.26. The number of benzene rings is 2. The van der Waals surface area contributed by atoms with Gasteiger partial charge in [-0.05, 0) is 30.7 Å². The highest BCUT2D eigenvalue weighted by Crippen LogP contribution is 2.19. The van der Waals surface area contributed by atoms with Crippen molar-refractivity contribution >= 4 is 11.0 Å². The number of aromatic nitrogens is 2.